The average molecular weight is 1040 g/mol. The zero-order chi connectivity index (χ0) is 53.6. The van der Waals surface area contributed by atoms with Gasteiger partial charge in [-0.15, -0.1) is 0 Å². The van der Waals surface area contributed by atoms with Crippen molar-refractivity contribution < 1.29 is 24.5 Å². The van der Waals surface area contributed by atoms with Crippen LogP contribution in [-0.4, -0.2) is 47.4 Å². The number of nitrogens with one attached hydrogen (secondary N) is 1. The highest BCUT2D eigenvalue weighted by molar-refractivity contribution is 5.76. The maximum Gasteiger partial charge on any atom is 0.305 e. The SMILES string of the molecule is CCCCCCCCC/C=C\CCCCCCCCCC(=O)OCCCCCCCCCCCCCCCCCCCCCCCCCC(=O)NC(CO)C(O)/C=C/CCCCCCCCCCCCCCCC. The first kappa shape index (κ1) is 72.3. The Hall–Kier alpha value is -1.66. The van der Waals surface area contributed by atoms with Crippen molar-refractivity contribution in [1.29, 1.82) is 0 Å². The number of carbonyl (C=O) groups is 2. The molecule has 0 aromatic heterocycles. The van der Waals surface area contributed by atoms with Gasteiger partial charge in [-0.1, -0.05) is 327 Å². The van der Waals surface area contributed by atoms with Crippen LogP contribution in [0.2, 0.25) is 0 Å². The Kier molecular flexibility index (Phi) is 62.4. The van der Waals surface area contributed by atoms with Crippen molar-refractivity contribution >= 4 is 11.9 Å². The van der Waals surface area contributed by atoms with Crippen LogP contribution in [0.4, 0.5) is 0 Å². The van der Waals surface area contributed by atoms with Crippen molar-refractivity contribution in [3.8, 4) is 0 Å². The molecule has 2 atom stereocenters. The highest BCUT2D eigenvalue weighted by Crippen LogP contribution is 2.18. The molecular weight excluding hydrogens is 911 g/mol. The fourth-order valence-electron chi connectivity index (χ4n) is 10.6. The van der Waals surface area contributed by atoms with E-state index in [1.807, 2.05) is 6.08 Å². The molecule has 0 rings (SSSR count). The molecule has 0 aromatic rings. The number of unbranched alkanes of at least 4 members (excludes halogenated alkanes) is 50. The minimum Gasteiger partial charge on any atom is -0.466 e. The second-order valence-electron chi connectivity index (χ2n) is 23.2. The number of aliphatic hydroxyl groups is 2. The molecule has 2 unspecified atom stereocenters. The van der Waals surface area contributed by atoms with Gasteiger partial charge < -0.3 is 20.3 Å². The second kappa shape index (κ2) is 63.9. The summed E-state index contributed by atoms with van der Waals surface area (Å²) >= 11 is 0. The number of hydrogen-bond donors (Lipinski definition) is 3. The molecule has 6 heteroatoms. The normalized spacial score (nSPS) is 12.6. The minimum atomic E-state index is -0.844. The Morgan fingerprint density at radius 3 is 0.959 bits per heavy atom. The third-order valence-corrected chi connectivity index (χ3v) is 15.7. The van der Waals surface area contributed by atoms with E-state index >= 15 is 0 Å². The number of carbonyl (C=O) groups excluding carboxylic acids is 2. The number of allylic oxidation sites excluding steroid dienone is 3. The number of ether oxygens (including phenoxy) is 1. The van der Waals surface area contributed by atoms with Crippen LogP contribution in [0, 0.1) is 0 Å². The molecular formula is C68H131NO5. The highest BCUT2D eigenvalue weighted by Gasteiger charge is 2.18. The fourth-order valence-corrected chi connectivity index (χ4v) is 10.6. The maximum atomic E-state index is 12.5. The van der Waals surface area contributed by atoms with Crippen LogP contribution < -0.4 is 5.32 Å². The third kappa shape index (κ3) is 59.6. The standard InChI is InChI=1S/C68H131NO5/c1-3-5-7-9-11-13-15-17-19-21-30-34-38-42-46-50-54-58-62-68(73)74-63-59-55-51-47-43-39-35-31-28-26-24-22-23-25-27-29-33-37-41-45-49-53-57-61-67(72)69-65(64-70)66(71)60-56-52-48-44-40-36-32-20-18-16-14-12-10-8-6-4-2/h19,21,56,60,65-66,70-71H,3-18,20,22-55,57-59,61-64H2,1-2H3,(H,69,72)/b21-19-,60-56+. The van der Waals surface area contributed by atoms with Crippen molar-refractivity contribution in [3.05, 3.63) is 24.3 Å². The van der Waals surface area contributed by atoms with E-state index in [9.17, 15) is 19.8 Å². The molecule has 0 aliphatic heterocycles. The van der Waals surface area contributed by atoms with Gasteiger partial charge in [-0.05, 0) is 57.8 Å². The number of hydrogen-bond acceptors (Lipinski definition) is 5. The molecule has 0 spiro atoms. The smallest absolute Gasteiger partial charge is 0.305 e. The zero-order valence-electron chi connectivity index (χ0n) is 50.1. The van der Waals surface area contributed by atoms with Crippen molar-refractivity contribution in [3.63, 3.8) is 0 Å². The Balaban J connectivity index is 3.38. The van der Waals surface area contributed by atoms with Crippen molar-refractivity contribution in [1.82, 2.24) is 5.32 Å². The Morgan fingerprint density at radius 1 is 0.365 bits per heavy atom. The first-order valence-corrected chi connectivity index (χ1v) is 33.6. The predicted molar refractivity (Wildman–Crippen MR) is 324 cm³/mol. The summed E-state index contributed by atoms with van der Waals surface area (Å²) in [6, 6.07) is -0.627. The first-order chi connectivity index (χ1) is 36.5. The fraction of sp³-hybridized carbons (Fsp3) is 0.912. The largest absolute Gasteiger partial charge is 0.466 e. The highest BCUT2D eigenvalue weighted by atomic mass is 16.5. The van der Waals surface area contributed by atoms with Crippen LogP contribution in [0.5, 0.6) is 0 Å². The maximum absolute atomic E-state index is 12.5. The molecule has 0 bridgehead atoms. The lowest BCUT2D eigenvalue weighted by Crippen LogP contribution is -2.45. The van der Waals surface area contributed by atoms with Crippen LogP contribution in [0.25, 0.3) is 0 Å². The summed E-state index contributed by atoms with van der Waals surface area (Å²) in [6.07, 6.45) is 79.5. The van der Waals surface area contributed by atoms with Gasteiger partial charge in [0.1, 0.15) is 0 Å². The quantitative estimate of drug-likeness (QED) is 0.0320. The summed E-state index contributed by atoms with van der Waals surface area (Å²) in [5.74, 6) is -0.0533. The number of esters is 1. The molecule has 0 saturated carbocycles. The van der Waals surface area contributed by atoms with Crippen molar-refractivity contribution in [2.75, 3.05) is 13.2 Å². The molecule has 0 saturated heterocycles. The number of rotatable bonds is 63. The van der Waals surface area contributed by atoms with Gasteiger partial charge in [-0.3, -0.25) is 9.59 Å². The molecule has 0 aliphatic rings. The molecule has 0 heterocycles. The molecule has 6 nitrogen and oxygen atoms in total. The van der Waals surface area contributed by atoms with Gasteiger partial charge in [0.05, 0.1) is 25.4 Å². The lowest BCUT2D eigenvalue weighted by atomic mass is 10.0. The van der Waals surface area contributed by atoms with Crippen LogP contribution in [0.15, 0.2) is 24.3 Å². The van der Waals surface area contributed by atoms with Crippen LogP contribution >= 0.6 is 0 Å². The molecule has 0 radical (unpaired) electrons. The van der Waals surface area contributed by atoms with E-state index in [1.165, 1.54) is 302 Å². The summed E-state index contributed by atoms with van der Waals surface area (Å²) in [4.78, 5) is 24.6. The summed E-state index contributed by atoms with van der Waals surface area (Å²) in [5.41, 5.74) is 0. The Bertz CT molecular complexity index is 1150. The van der Waals surface area contributed by atoms with Gasteiger partial charge >= 0.3 is 5.97 Å². The van der Waals surface area contributed by atoms with Crippen LogP contribution in [0.1, 0.15) is 373 Å². The molecule has 3 N–H and O–H groups in total. The van der Waals surface area contributed by atoms with Gasteiger partial charge in [0.2, 0.25) is 5.91 Å². The molecule has 0 aliphatic carbocycles. The van der Waals surface area contributed by atoms with E-state index in [0.29, 0.717) is 19.4 Å². The van der Waals surface area contributed by atoms with Gasteiger partial charge in [0.15, 0.2) is 0 Å². The predicted octanol–water partition coefficient (Wildman–Crippen LogP) is 21.4. The van der Waals surface area contributed by atoms with Gasteiger partial charge in [-0.25, -0.2) is 0 Å². The van der Waals surface area contributed by atoms with Gasteiger partial charge in [0, 0.05) is 12.8 Å². The average Bonchev–Trinajstić information content (AvgIpc) is 3.40. The van der Waals surface area contributed by atoms with E-state index in [-0.39, 0.29) is 18.5 Å². The molecule has 1 amide bonds. The second-order valence-corrected chi connectivity index (χ2v) is 23.2. The Morgan fingerprint density at radius 2 is 0.635 bits per heavy atom. The molecule has 438 valence electrons. The third-order valence-electron chi connectivity index (χ3n) is 15.7. The first-order valence-electron chi connectivity index (χ1n) is 33.6. The lowest BCUT2D eigenvalue weighted by molar-refractivity contribution is -0.143. The van der Waals surface area contributed by atoms with Gasteiger partial charge in [0.25, 0.3) is 0 Å². The van der Waals surface area contributed by atoms with E-state index in [1.54, 1.807) is 6.08 Å². The van der Waals surface area contributed by atoms with Crippen LogP contribution in [-0.2, 0) is 14.3 Å². The summed E-state index contributed by atoms with van der Waals surface area (Å²) in [6.45, 7) is 4.93. The van der Waals surface area contributed by atoms with Gasteiger partial charge in [-0.2, -0.15) is 0 Å². The summed E-state index contributed by atoms with van der Waals surface area (Å²) in [5, 5.41) is 23.2. The number of aliphatic hydroxyl groups excluding tert-OH is 2. The number of amides is 1. The van der Waals surface area contributed by atoms with E-state index in [2.05, 4.69) is 31.3 Å². The molecule has 0 fully saturated rings. The van der Waals surface area contributed by atoms with Crippen molar-refractivity contribution in [2.45, 2.75) is 386 Å². The molecule has 74 heavy (non-hydrogen) atoms. The van der Waals surface area contributed by atoms with E-state index < -0.39 is 12.1 Å². The summed E-state index contributed by atoms with van der Waals surface area (Å²) in [7, 11) is 0. The molecule has 0 aromatic carbocycles. The Labute approximate surface area is 462 Å². The topological polar surface area (TPSA) is 95.9 Å². The zero-order valence-corrected chi connectivity index (χ0v) is 50.1. The van der Waals surface area contributed by atoms with Crippen molar-refractivity contribution in [2.24, 2.45) is 0 Å². The van der Waals surface area contributed by atoms with Crippen LogP contribution in [0.3, 0.4) is 0 Å². The van der Waals surface area contributed by atoms with E-state index in [4.69, 9.17) is 4.74 Å². The van der Waals surface area contributed by atoms with E-state index in [0.717, 1.165) is 44.9 Å². The monoisotopic (exact) mass is 1040 g/mol. The summed E-state index contributed by atoms with van der Waals surface area (Å²) < 4.78 is 5.50. The lowest BCUT2D eigenvalue weighted by Gasteiger charge is -2.20. The minimum absolute atomic E-state index is 0.0116.